The molecule has 4 saturated heterocycles. The van der Waals surface area contributed by atoms with Crippen LogP contribution >= 0.6 is 0 Å². The minimum Gasteiger partial charge on any atom is -0.506 e. The zero-order chi connectivity index (χ0) is 42.4. The van der Waals surface area contributed by atoms with Crippen molar-refractivity contribution in [2.24, 2.45) is 5.92 Å². The van der Waals surface area contributed by atoms with Crippen molar-refractivity contribution in [3.63, 3.8) is 0 Å². The van der Waals surface area contributed by atoms with E-state index in [4.69, 9.17) is 14.2 Å². The molecule has 322 valence electrons. The van der Waals surface area contributed by atoms with Crippen LogP contribution in [0.25, 0.3) is 0 Å². The molecule has 0 saturated carbocycles. The van der Waals surface area contributed by atoms with Crippen LogP contribution in [0.1, 0.15) is 104 Å². The van der Waals surface area contributed by atoms with Crippen molar-refractivity contribution in [3.8, 4) is 11.5 Å². The highest BCUT2D eigenvalue weighted by molar-refractivity contribution is 5.95. The lowest BCUT2D eigenvalue weighted by Crippen LogP contribution is -2.50. The molecule has 2 N–H and O–H groups in total. The Kier molecular flexibility index (Phi) is 14.3. The highest BCUT2D eigenvalue weighted by Gasteiger charge is 2.33. The van der Waals surface area contributed by atoms with Crippen molar-refractivity contribution in [2.75, 3.05) is 75.2 Å². The fourth-order valence-electron chi connectivity index (χ4n) is 7.79. The predicted molar refractivity (Wildman–Crippen MR) is 222 cm³/mol. The Hall–Kier alpha value is -4.46. The van der Waals surface area contributed by atoms with Crippen LogP contribution in [0.3, 0.4) is 0 Å². The number of ether oxygens (including phenoxy) is 3. The Morgan fingerprint density at radius 3 is 1.74 bits per heavy atom. The molecule has 14 heteroatoms. The second kappa shape index (κ2) is 18.6. The summed E-state index contributed by atoms with van der Waals surface area (Å²) in [5, 5.41) is 21.0. The molecule has 4 heterocycles. The molecule has 0 aliphatic carbocycles. The van der Waals surface area contributed by atoms with Crippen LogP contribution in [0.4, 0.5) is 25.4 Å². The molecule has 4 aliphatic rings. The molecular weight excluding hydrogens is 746 g/mol. The van der Waals surface area contributed by atoms with Gasteiger partial charge in [-0.2, -0.15) is 0 Å². The van der Waals surface area contributed by atoms with Crippen LogP contribution in [0.15, 0.2) is 36.4 Å². The zero-order valence-corrected chi connectivity index (χ0v) is 35.9. The molecule has 13 nitrogen and oxygen atoms in total. The first-order valence-electron chi connectivity index (χ1n) is 20.9. The minimum atomic E-state index is -0.737. The number of carbonyl (C=O) groups excluding carboxylic acids is 3. The molecule has 0 atom stereocenters. The van der Waals surface area contributed by atoms with E-state index in [1.807, 2.05) is 66.4 Å². The summed E-state index contributed by atoms with van der Waals surface area (Å²) in [6.45, 7) is 21.1. The van der Waals surface area contributed by atoms with Crippen molar-refractivity contribution in [1.29, 1.82) is 0 Å². The lowest BCUT2D eigenvalue weighted by atomic mass is 9.83. The second-order valence-corrected chi connectivity index (χ2v) is 18.5. The third-order valence-corrected chi connectivity index (χ3v) is 11.0. The zero-order valence-electron chi connectivity index (χ0n) is 35.9. The number of rotatable bonds is 6. The molecule has 6 rings (SSSR count). The van der Waals surface area contributed by atoms with Crippen molar-refractivity contribution < 1.29 is 43.2 Å². The van der Waals surface area contributed by atoms with Crippen molar-refractivity contribution in [3.05, 3.63) is 47.8 Å². The maximum Gasteiger partial charge on any atom is 0.410 e. The summed E-state index contributed by atoms with van der Waals surface area (Å²) in [5.74, 6) is 0.308. The van der Waals surface area contributed by atoms with Gasteiger partial charge < -0.3 is 48.9 Å². The molecule has 0 aromatic heterocycles. The van der Waals surface area contributed by atoms with Gasteiger partial charge in [-0.25, -0.2) is 14.0 Å². The molecule has 4 aliphatic heterocycles. The van der Waals surface area contributed by atoms with Crippen LogP contribution in [0, 0.1) is 11.7 Å². The van der Waals surface area contributed by atoms with Gasteiger partial charge in [0.1, 0.15) is 34.6 Å². The van der Waals surface area contributed by atoms with Gasteiger partial charge in [-0.05, 0) is 111 Å². The largest absolute Gasteiger partial charge is 0.506 e. The average Bonchev–Trinajstić information content (AvgIpc) is 3.70. The number of aromatic hydroxyl groups is 1. The monoisotopic (exact) mass is 811 g/mol. The highest BCUT2D eigenvalue weighted by Crippen LogP contribution is 2.35. The topological polar surface area (TPSA) is 136 Å². The molecular formula is C44H66FN5O8. The van der Waals surface area contributed by atoms with Gasteiger partial charge in [-0.3, -0.25) is 4.79 Å². The standard InChI is InChI=1S/C35H49FN4O6.C9H17NO2/c1-34(2,3)46-33(43)40-18-16-37(17-19-40)27-21-26(36)22-29(23-27)45-28-10-14-39(15-11-28)32(42)24-6-7-31(41)30(20-24)38-12-8-25(9-13-38)35(4,5)44;1-9(2,3)12-8(11)10-6-4-5-7-10/h6-7,20-23,25,28,41,44H,8-19H2,1-5H3;4-7H2,1-3H3. The number of amides is 3. The molecule has 0 spiro atoms. The Labute approximate surface area is 344 Å². The Morgan fingerprint density at radius 2 is 1.21 bits per heavy atom. The van der Waals surface area contributed by atoms with Gasteiger partial charge in [0.15, 0.2) is 0 Å². The predicted octanol–water partition coefficient (Wildman–Crippen LogP) is 7.28. The van der Waals surface area contributed by atoms with E-state index in [1.165, 1.54) is 12.1 Å². The third-order valence-electron chi connectivity index (χ3n) is 11.0. The van der Waals surface area contributed by atoms with Gasteiger partial charge in [0.2, 0.25) is 0 Å². The number of hydrogen-bond donors (Lipinski definition) is 2. The van der Waals surface area contributed by atoms with Crippen molar-refractivity contribution in [1.82, 2.24) is 14.7 Å². The summed E-state index contributed by atoms with van der Waals surface area (Å²) in [7, 11) is 0. The first-order valence-corrected chi connectivity index (χ1v) is 20.9. The van der Waals surface area contributed by atoms with E-state index in [9.17, 15) is 29.0 Å². The fraction of sp³-hybridized carbons (Fsp3) is 0.659. The van der Waals surface area contributed by atoms with Gasteiger partial charge in [0, 0.05) is 102 Å². The molecule has 3 amide bonds. The average molecular weight is 812 g/mol. The summed E-state index contributed by atoms with van der Waals surface area (Å²) >= 11 is 0. The number of nitrogens with zero attached hydrogens (tertiary/aromatic N) is 5. The van der Waals surface area contributed by atoms with Crippen LogP contribution in [-0.2, 0) is 9.47 Å². The number of hydrogen-bond acceptors (Lipinski definition) is 10. The molecule has 0 bridgehead atoms. The Balaban J connectivity index is 0.000000458. The molecule has 58 heavy (non-hydrogen) atoms. The smallest absolute Gasteiger partial charge is 0.410 e. The number of phenolic OH excluding ortho intramolecular Hbond substituents is 1. The van der Waals surface area contributed by atoms with Crippen LogP contribution in [0.5, 0.6) is 11.5 Å². The van der Waals surface area contributed by atoms with Crippen molar-refractivity contribution >= 4 is 29.5 Å². The number of phenols is 1. The fourth-order valence-corrected chi connectivity index (χ4v) is 7.79. The Morgan fingerprint density at radius 1 is 0.655 bits per heavy atom. The lowest BCUT2D eigenvalue weighted by Gasteiger charge is -2.39. The molecule has 2 aromatic rings. The lowest BCUT2D eigenvalue weighted by molar-refractivity contribution is 0.00645. The number of aliphatic hydroxyl groups is 1. The van der Waals surface area contributed by atoms with Gasteiger partial charge in [0.25, 0.3) is 5.91 Å². The minimum absolute atomic E-state index is 0.0929. The SMILES string of the molecule is CC(C)(C)OC(=O)N1CCCC1.CC(C)(C)OC(=O)N1CCN(c2cc(F)cc(OC3CCN(C(=O)c4ccc(O)c(N5CCC(C(C)(C)O)CC5)c4)CC3)c2)CC1. The highest BCUT2D eigenvalue weighted by atomic mass is 19.1. The number of carbonyl (C=O) groups is 3. The molecule has 2 aromatic carbocycles. The number of likely N-dealkylation sites (tertiary alicyclic amines) is 2. The van der Waals surface area contributed by atoms with Gasteiger partial charge in [-0.1, -0.05) is 0 Å². The van der Waals surface area contributed by atoms with E-state index >= 15 is 0 Å². The number of halogens is 1. The third kappa shape index (κ3) is 12.8. The van der Waals surface area contributed by atoms with Gasteiger partial charge in [-0.15, -0.1) is 0 Å². The number of benzene rings is 2. The summed E-state index contributed by atoms with van der Waals surface area (Å²) in [6.07, 6.45) is 4.41. The molecule has 0 unspecified atom stereocenters. The summed E-state index contributed by atoms with van der Waals surface area (Å²) in [6, 6.07) is 9.73. The quantitative estimate of drug-likeness (QED) is 0.307. The number of piperidine rings is 2. The number of anilines is 2. The summed E-state index contributed by atoms with van der Waals surface area (Å²) in [4.78, 5) is 46.6. The maximum atomic E-state index is 14.7. The van der Waals surface area contributed by atoms with Crippen LogP contribution < -0.4 is 14.5 Å². The van der Waals surface area contributed by atoms with E-state index < -0.39 is 11.2 Å². The maximum absolute atomic E-state index is 14.7. The summed E-state index contributed by atoms with van der Waals surface area (Å²) < 4.78 is 31.6. The van der Waals surface area contributed by atoms with Crippen LogP contribution in [0.2, 0.25) is 0 Å². The Bertz CT molecular complexity index is 1710. The first-order chi connectivity index (χ1) is 27.1. The molecule has 4 fully saturated rings. The van der Waals surface area contributed by atoms with E-state index in [2.05, 4.69) is 4.90 Å². The summed E-state index contributed by atoms with van der Waals surface area (Å²) in [5.41, 5.74) is 0.223. The number of piperazine rings is 1. The van der Waals surface area contributed by atoms with Crippen molar-refractivity contribution in [2.45, 2.75) is 117 Å². The van der Waals surface area contributed by atoms with Gasteiger partial charge >= 0.3 is 12.2 Å². The second-order valence-electron chi connectivity index (χ2n) is 18.5. The van der Waals surface area contributed by atoms with Gasteiger partial charge in [0.05, 0.1) is 11.3 Å². The normalized spacial score (nSPS) is 18.8. The van der Waals surface area contributed by atoms with Crippen LogP contribution in [-0.4, -0.2) is 131 Å². The van der Waals surface area contributed by atoms with E-state index in [-0.39, 0.29) is 47.3 Å². The van der Waals surface area contributed by atoms with E-state index in [1.54, 1.807) is 32.9 Å². The van der Waals surface area contributed by atoms with E-state index in [0.29, 0.717) is 87.9 Å². The van der Waals surface area contributed by atoms with E-state index in [0.717, 1.165) is 38.8 Å². The first kappa shape index (κ1) is 44.6. The molecule has 0 radical (unpaired) electrons.